The van der Waals surface area contributed by atoms with Crippen molar-refractivity contribution >= 4 is 17.9 Å². The molecular weight excluding hydrogens is 298 g/mol. The predicted molar refractivity (Wildman–Crippen MR) is 96.9 cm³/mol. The zero-order valence-electron chi connectivity index (χ0n) is 14.2. The molecule has 122 valence electrons. The van der Waals surface area contributed by atoms with Gasteiger partial charge in [0, 0.05) is 11.5 Å². The van der Waals surface area contributed by atoms with E-state index in [0.29, 0.717) is 5.90 Å². The van der Waals surface area contributed by atoms with Crippen molar-refractivity contribution in [3.8, 4) is 0 Å². The van der Waals surface area contributed by atoms with Crippen molar-refractivity contribution in [3.63, 3.8) is 0 Å². The van der Waals surface area contributed by atoms with Gasteiger partial charge < -0.3 is 4.74 Å². The SMILES string of the molecule is Cc1cccc(/C=C/C(C)[C@@]2(C)N=C(c3ccccc3)OC2=O)c1. The molecule has 0 aromatic heterocycles. The number of ether oxygens (including phenoxy) is 1. The van der Waals surface area contributed by atoms with E-state index in [0.717, 1.165) is 11.1 Å². The lowest BCUT2D eigenvalue weighted by atomic mass is 9.87. The zero-order chi connectivity index (χ0) is 17.2. The van der Waals surface area contributed by atoms with Gasteiger partial charge in [0.15, 0.2) is 5.54 Å². The summed E-state index contributed by atoms with van der Waals surface area (Å²) in [7, 11) is 0. The molecule has 2 aromatic rings. The van der Waals surface area contributed by atoms with Crippen LogP contribution in [0.25, 0.3) is 6.08 Å². The molecule has 0 saturated heterocycles. The fourth-order valence-corrected chi connectivity index (χ4v) is 2.68. The Morgan fingerprint density at radius 2 is 1.88 bits per heavy atom. The van der Waals surface area contributed by atoms with Gasteiger partial charge in [0.25, 0.3) is 0 Å². The molecule has 0 aliphatic carbocycles. The normalized spacial score (nSPS) is 21.6. The second-order valence-corrected chi connectivity index (χ2v) is 6.38. The Labute approximate surface area is 142 Å². The summed E-state index contributed by atoms with van der Waals surface area (Å²) in [5.74, 6) is 0.0216. The van der Waals surface area contributed by atoms with Crippen LogP contribution in [0.3, 0.4) is 0 Å². The monoisotopic (exact) mass is 319 g/mol. The second kappa shape index (κ2) is 6.44. The van der Waals surface area contributed by atoms with Crippen LogP contribution in [0.1, 0.15) is 30.5 Å². The Kier molecular flexibility index (Phi) is 4.34. The number of cyclic esters (lactones) is 1. The largest absolute Gasteiger partial charge is 0.405 e. The molecule has 0 N–H and O–H groups in total. The van der Waals surface area contributed by atoms with Crippen molar-refractivity contribution < 1.29 is 9.53 Å². The summed E-state index contributed by atoms with van der Waals surface area (Å²) in [6.07, 6.45) is 4.06. The first-order valence-corrected chi connectivity index (χ1v) is 8.11. The molecule has 3 heteroatoms. The van der Waals surface area contributed by atoms with Crippen molar-refractivity contribution in [3.05, 3.63) is 77.4 Å². The smallest absolute Gasteiger partial charge is 0.341 e. The quantitative estimate of drug-likeness (QED) is 0.783. The summed E-state index contributed by atoms with van der Waals surface area (Å²) in [5.41, 5.74) is 2.25. The maximum Gasteiger partial charge on any atom is 0.341 e. The van der Waals surface area contributed by atoms with E-state index in [9.17, 15) is 4.79 Å². The molecule has 0 fully saturated rings. The minimum absolute atomic E-state index is 0.0771. The van der Waals surface area contributed by atoms with E-state index in [4.69, 9.17) is 4.74 Å². The Morgan fingerprint density at radius 1 is 1.12 bits per heavy atom. The molecule has 0 amide bonds. The van der Waals surface area contributed by atoms with E-state index in [2.05, 4.69) is 24.0 Å². The average molecular weight is 319 g/mol. The highest BCUT2D eigenvalue weighted by Gasteiger charge is 2.45. The molecular formula is C21H21NO2. The molecule has 24 heavy (non-hydrogen) atoms. The van der Waals surface area contributed by atoms with E-state index in [1.54, 1.807) is 0 Å². The molecule has 0 radical (unpaired) electrons. The Balaban J connectivity index is 1.84. The standard InChI is InChI=1S/C21H21NO2/c1-15-8-7-9-17(14-15)13-12-16(2)21(3)20(23)24-19(22-21)18-10-5-4-6-11-18/h4-14,16H,1-3H3/b13-12+/t16?,21-/m1/s1. The molecule has 3 rings (SSSR count). The molecule has 0 saturated carbocycles. The summed E-state index contributed by atoms with van der Waals surface area (Å²) in [6.45, 7) is 5.88. The fourth-order valence-electron chi connectivity index (χ4n) is 2.68. The summed E-state index contributed by atoms with van der Waals surface area (Å²) in [6, 6.07) is 17.8. The van der Waals surface area contributed by atoms with Crippen LogP contribution >= 0.6 is 0 Å². The van der Waals surface area contributed by atoms with Crippen LogP contribution in [0.2, 0.25) is 0 Å². The van der Waals surface area contributed by atoms with Crippen LogP contribution in [0.15, 0.2) is 65.7 Å². The molecule has 1 heterocycles. The molecule has 1 aliphatic rings. The van der Waals surface area contributed by atoms with Gasteiger partial charge in [-0.05, 0) is 31.5 Å². The van der Waals surface area contributed by atoms with Crippen LogP contribution in [-0.4, -0.2) is 17.4 Å². The minimum Gasteiger partial charge on any atom is -0.405 e. The number of aryl methyl sites for hydroxylation is 1. The lowest BCUT2D eigenvalue weighted by Crippen LogP contribution is -2.36. The van der Waals surface area contributed by atoms with Crippen molar-refractivity contribution in [1.82, 2.24) is 0 Å². The van der Waals surface area contributed by atoms with Crippen LogP contribution < -0.4 is 0 Å². The van der Waals surface area contributed by atoms with Crippen LogP contribution in [0.4, 0.5) is 0 Å². The van der Waals surface area contributed by atoms with Gasteiger partial charge in [-0.1, -0.05) is 67.1 Å². The number of carbonyl (C=O) groups excluding carboxylic acids is 1. The molecule has 2 aromatic carbocycles. The van der Waals surface area contributed by atoms with Gasteiger partial charge in [-0.3, -0.25) is 0 Å². The highest BCUT2D eigenvalue weighted by molar-refractivity contribution is 6.08. The molecule has 0 bridgehead atoms. The van der Waals surface area contributed by atoms with Crippen LogP contribution in [0, 0.1) is 12.8 Å². The zero-order valence-corrected chi connectivity index (χ0v) is 14.2. The predicted octanol–water partition coefficient (Wildman–Crippen LogP) is 4.41. The number of rotatable bonds is 4. The summed E-state index contributed by atoms with van der Waals surface area (Å²) in [5, 5.41) is 0. The summed E-state index contributed by atoms with van der Waals surface area (Å²) in [4.78, 5) is 17.0. The number of carbonyl (C=O) groups is 1. The maximum absolute atomic E-state index is 12.4. The molecule has 1 aliphatic heterocycles. The maximum atomic E-state index is 12.4. The first-order chi connectivity index (χ1) is 11.5. The van der Waals surface area contributed by atoms with E-state index in [1.165, 1.54) is 5.56 Å². The Bertz CT molecular complexity index is 808. The second-order valence-electron chi connectivity index (χ2n) is 6.38. The molecule has 0 spiro atoms. The van der Waals surface area contributed by atoms with Gasteiger partial charge in [-0.15, -0.1) is 0 Å². The number of hydrogen-bond donors (Lipinski definition) is 0. The third-order valence-corrected chi connectivity index (χ3v) is 4.46. The summed E-state index contributed by atoms with van der Waals surface area (Å²) < 4.78 is 5.43. The third-order valence-electron chi connectivity index (χ3n) is 4.46. The highest BCUT2D eigenvalue weighted by Crippen LogP contribution is 2.31. The van der Waals surface area contributed by atoms with Gasteiger partial charge in [0.1, 0.15) is 0 Å². The van der Waals surface area contributed by atoms with Crippen molar-refractivity contribution in [2.24, 2.45) is 10.9 Å². The van der Waals surface area contributed by atoms with E-state index < -0.39 is 5.54 Å². The molecule has 2 atom stereocenters. The van der Waals surface area contributed by atoms with E-state index in [-0.39, 0.29) is 11.9 Å². The first kappa shape index (κ1) is 16.2. The van der Waals surface area contributed by atoms with Crippen LogP contribution in [0.5, 0.6) is 0 Å². The van der Waals surface area contributed by atoms with Crippen LogP contribution in [-0.2, 0) is 9.53 Å². The number of aliphatic imine (C=N–C) groups is 1. The minimum atomic E-state index is -0.897. The number of esters is 1. The van der Waals surface area contributed by atoms with E-state index in [1.807, 2.05) is 68.5 Å². The van der Waals surface area contributed by atoms with E-state index >= 15 is 0 Å². The first-order valence-electron chi connectivity index (χ1n) is 8.11. The van der Waals surface area contributed by atoms with Gasteiger partial charge in [0.2, 0.25) is 5.90 Å². The number of benzene rings is 2. The van der Waals surface area contributed by atoms with Crippen molar-refractivity contribution in [2.45, 2.75) is 26.3 Å². The van der Waals surface area contributed by atoms with Gasteiger partial charge >= 0.3 is 5.97 Å². The average Bonchev–Trinajstić information content (AvgIpc) is 2.90. The Hall–Kier alpha value is -2.68. The fraction of sp³-hybridized carbons (Fsp3) is 0.238. The van der Waals surface area contributed by atoms with Gasteiger partial charge in [0.05, 0.1) is 0 Å². The molecule has 1 unspecified atom stereocenters. The number of hydrogen-bond acceptors (Lipinski definition) is 3. The number of nitrogens with zero attached hydrogens (tertiary/aromatic N) is 1. The van der Waals surface area contributed by atoms with Crippen molar-refractivity contribution in [2.75, 3.05) is 0 Å². The van der Waals surface area contributed by atoms with Gasteiger partial charge in [-0.25, -0.2) is 9.79 Å². The third kappa shape index (κ3) is 3.16. The highest BCUT2D eigenvalue weighted by atomic mass is 16.6. The summed E-state index contributed by atoms with van der Waals surface area (Å²) >= 11 is 0. The Morgan fingerprint density at radius 3 is 2.58 bits per heavy atom. The topological polar surface area (TPSA) is 38.7 Å². The lowest BCUT2D eigenvalue weighted by molar-refractivity contribution is -0.139. The van der Waals surface area contributed by atoms with Gasteiger partial charge in [-0.2, -0.15) is 0 Å². The molecule has 3 nitrogen and oxygen atoms in total. The van der Waals surface area contributed by atoms with Crippen molar-refractivity contribution in [1.29, 1.82) is 0 Å². The lowest BCUT2D eigenvalue weighted by Gasteiger charge is -2.21.